The van der Waals surface area contributed by atoms with Crippen LogP contribution in [0.4, 0.5) is 5.82 Å². The number of anilines is 1. The number of aromatic nitrogens is 4. The predicted octanol–water partition coefficient (Wildman–Crippen LogP) is 5.44. The average Bonchev–Trinajstić information content (AvgIpc) is 3.19. The third kappa shape index (κ3) is 3.18. The van der Waals surface area contributed by atoms with E-state index in [1.165, 1.54) is 19.3 Å². The van der Waals surface area contributed by atoms with Crippen LogP contribution in [0.1, 0.15) is 19.3 Å². The number of H-pyrrole nitrogens is 1. The number of hydrogen-bond acceptors (Lipinski definition) is 4. The van der Waals surface area contributed by atoms with E-state index in [4.69, 9.17) is 4.98 Å². The molecule has 0 saturated carbocycles. The van der Waals surface area contributed by atoms with Crippen molar-refractivity contribution in [1.82, 2.24) is 19.9 Å². The quantitative estimate of drug-likeness (QED) is 0.467. The number of hydrogen-bond donors (Lipinski definition) is 1. The first kappa shape index (κ1) is 17.4. The maximum atomic E-state index is 5.02. The molecule has 5 rings (SSSR count). The zero-order valence-electron chi connectivity index (χ0n) is 15.4. The van der Waals surface area contributed by atoms with Crippen molar-refractivity contribution in [3.05, 3.63) is 59.6 Å². The van der Waals surface area contributed by atoms with Gasteiger partial charge in [0, 0.05) is 48.2 Å². The second-order valence-corrected chi connectivity index (χ2v) is 7.96. The van der Waals surface area contributed by atoms with E-state index in [1.807, 2.05) is 30.7 Å². The minimum absolute atomic E-state index is 0.912. The van der Waals surface area contributed by atoms with Crippen molar-refractivity contribution in [3.63, 3.8) is 0 Å². The Kier molecular flexibility index (Phi) is 4.56. The monoisotopic (exact) mass is 433 g/mol. The Balaban J connectivity index is 1.59. The van der Waals surface area contributed by atoms with Gasteiger partial charge in [-0.15, -0.1) is 0 Å². The Morgan fingerprint density at radius 3 is 2.71 bits per heavy atom. The SMILES string of the molecule is Brc1ccc(-c2c[nH]c3cnc(-c4cccnc4)cc23)nc1N1CCCCC1. The number of fused-ring (bicyclic) bond motifs is 1. The summed E-state index contributed by atoms with van der Waals surface area (Å²) >= 11 is 3.69. The molecule has 28 heavy (non-hydrogen) atoms. The molecule has 0 radical (unpaired) electrons. The van der Waals surface area contributed by atoms with Crippen molar-refractivity contribution in [2.75, 3.05) is 18.0 Å². The average molecular weight is 434 g/mol. The molecule has 4 aromatic rings. The number of pyridine rings is 3. The van der Waals surface area contributed by atoms with Gasteiger partial charge in [0.15, 0.2) is 0 Å². The van der Waals surface area contributed by atoms with E-state index in [2.05, 4.69) is 54.0 Å². The van der Waals surface area contributed by atoms with Crippen molar-refractivity contribution in [2.24, 2.45) is 0 Å². The molecular formula is C22H20BrN5. The molecule has 1 saturated heterocycles. The topological polar surface area (TPSA) is 57.7 Å². The lowest BCUT2D eigenvalue weighted by atomic mass is 10.1. The van der Waals surface area contributed by atoms with Crippen LogP contribution in [0.2, 0.25) is 0 Å². The fourth-order valence-corrected chi connectivity index (χ4v) is 4.29. The van der Waals surface area contributed by atoms with E-state index < -0.39 is 0 Å². The molecule has 0 amide bonds. The van der Waals surface area contributed by atoms with Crippen LogP contribution in [0.5, 0.6) is 0 Å². The van der Waals surface area contributed by atoms with Crippen LogP contribution < -0.4 is 4.90 Å². The molecule has 0 unspecified atom stereocenters. The molecule has 140 valence electrons. The fourth-order valence-electron chi connectivity index (χ4n) is 3.81. The Labute approximate surface area is 172 Å². The highest BCUT2D eigenvalue weighted by Gasteiger charge is 2.17. The van der Waals surface area contributed by atoms with Crippen molar-refractivity contribution < 1.29 is 0 Å². The number of nitrogens with zero attached hydrogens (tertiary/aromatic N) is 4. The first-order chi connectivity index (χ1) is 13.8. The lowest BCUT2D eigenvalue weighted by molar-refractivity contribution is 0.573. The van der Waals surface area contributed by atoms with Crippen molar-refractivity contribution in [2.45, 2.75) is 19.3 Å². The summed E-state index contributed by atoms with van der Waals surface area (Å²) in [5.74, 6) is 1.04. The number of aromatic amines is 1. The Bertz CT molecular complexity index is 1120. The minimum atomic E-state index is 0.912. The maximum Gasteiger partial charge on any atom is 0.143 e. The summed E-state index contributed by atoms with van der Waals surface area (Å²) in [6.07, 6.45) is 11.3. The predicted molar refractivity (Wildman–Crippen MR) is 116 cm³/mol. The minimum Gasteiger partial charge on any atom is -0.359 e. The van der Waals surface area contributed by atoms with E-state index >= 15 is 0 Å². The van der Waals surface area contributed by atoms with E-state index in [0.717, 1.165) is 56.8 Å². The molecule has 0 spiro atoms. The van der Waals surface area contributed by atoms with Gasteiger partial charge in [-0.05, 0) is 65.5 Å². The number of piperidine rings is 1. The Morgan fingerprint density at radius 2 is 1.89 bits per heavy atom. The van der Waals surface area contributed by atoms with Gasteiger partial charge in [-0.25, -0.2) is 4.98 Å². The van der Waals surface area contributed by atoms with Gasteiger partial charge in [0.1, 0.15) is 5.82 Å². The second-order valence-electron chi connectivity index (χ2n) is 7.11. The van der Waals surface area contributed by atoms with Crippen molar-refractivity contribution >= 4 is 32.7 Å². The van der Waals surface area contributed by atoms with Crippen LogP contribution >= 0.6 is 15.9 Å². The van der Waals surface area contributed by atoms with E-state index in [9.17, 15) is 0 Å². The molecule has 5 nitrogen and oxygen atoms in total. The molecule has 1 aliphatic heterocycles. The largest absolute Gasteiger partial charge is 0.359 e. The second kappa shape index (κ2) is 7.36. The highest BCUT2D eigenvalue weighted by atomic mass is 79.9. The van der Waals surface area contributed by atoms with Crippen LogP contribution in [0.3, 0.4) is 0 Å². The third-order valence-corrected chi connectivity index (χ3v) is 5.90. The highest BCUT2D eigenvalue weighted by molar-refractivity contribution is 9.10. The normalized spacial score (nSPS) is 14.5. The molecule has 0 aliphatic carbocycles. The van der Waals surface area contributed by atoms with Gasteiger partial charge in [-0.1, -0.05) is 0 Å². The summed E-state index contributed by atoms with van der Waals surface area (Å²) in [6, 6.07) is 10.3. The molecule has 1 N–H and O–H groups in total. The van der Waals surface area contributed by atoms with Gasteiger partial charge in [0.25, 0.3) is 0 Å². The lowest BCUT2D eigenvalue weighted by Crippen LogP contribution is -2.30. The van der Waals surface area contributed by atoms with E-state index in [0.29, 0.717) is 0 Å². The summed E-state index contributed by atoms with van der Waals surface area (Å²) in [5.41, 5.74) is 4.99. The van der Waals surface area contributed by atoms with E-state index in [1.54, 1.807) is 6.20 Å². The van der Waals surface area contributed by atoms with Crippen LogP contribution in [-0.4, -0.2) is 33.0 Å². The molecule has 0 bridgehead atoms. The van der Waals surface area contributed by atoms with Crippen molar-refractivity contribution in [1.29, 1.82) is 0 Å². The molecule has 0 atom stereocenters. The lowest BCUT2D eigenvalue weighted by Gasteiger charge is -2.28. The highest BCUT2D eigenvalue weighted by Crippen LogP contribution is 2.34. The molecule has 5 heterocycles. The zero-order chi connectivity index (χ0) is 18.9. The Morgan fingerprint density at radius 1 is 1.00 bits per heavy atom. The maximum absolute atomic E-state index is 5.02. The van der Waals surface area contributed by atoms with Crippen LogP contribution in [0, 0.1) is 0 Å². The van der Waals surface area contributed by atoms with Crippen LogP contribution in [0.25, 0.3) is 33.4 Å². The summed E-state index contributed by atoms with van der Waals surface area (Å²) in [5, 5.41) is 1.12. The van der Waals surface area contributed by atoms with Gasteiger partial charge >= 0.3 is 0 Å². The number of nitrogens with one attached hydrogen (secondary N) is 1. The van der Waals surface area contributed by atoms with Crippen molar-refractivity contribution in [3.8, 4) is 22.5 Å². The number of rotatable bonds is 3. The molecule has 1 fully saturated rings. The molecule has 0 aromatic carbocycles. The third-order valence-electron chi connectivity index (χ3n) is 5.28. The van der Waals surface area contributed by atoms with Gasteiger partial charge in [-0.3, -0.25) is 9.97 Å². The van der Waals surface area contributed by atoms with Gasteiger partial charge in [-0.2, -0.15) is 0 Å². The smallest absolute Gasteiger partial charge is 0.143 e. The summed E-state index contributed by atoms with van der Waals surface area (Å²) in [4.78, 5) is 19.5. The van der Waals surface area contributed by atoms with Gasteiger partial charge in [0.2, 0.25) is 0 Å². The fraction of sp³-hybridized carbons (Fsp3) is 0.227. The zero-order valence-corrected chi connectivity index (χ0v) is 17.0. The Hall–Kier alpha value is -2.73. The summed E-state index contributed by atoms with van der Waals surface area (Å²) in [6.45, 7) is 2.13. The first-order valence-electron chi connectivity index (χ1n) is 9.59. The molecular weight excluding hydrogens is 414 g/mol. The molecule has 6 heteroatoms. The number of halogens is 1. The molecule has 4 aromatic heterocycles. The standard InChI is InChI=1S/C22H20BrN5/c23-18-6-7-19(27-22(18)28-9-2-1-3-10-28)17-13-25-21-14-26-20(11-16(17)21)15-5-4-8-24-12-15/h4-8,11-14,25H,1-3,9-10H2. The summed E-state index contributed by atoms with van der Waals surface area (Å²) in [7, 11) is 0. The van der Waals surface area contributed by atoms with Gasteiger partial charge < -0.3 is 9.88 Å². The summed E-state index contributed by atoms with van der Waals surface area (Å²) < 4.78 is 1.05. The molecule has 1 aliphatic rings. The first-order valence-corrected chi connectivity index (χ1v) is 10.4. The van der Waals surface area contributed by atoms with Crippen LogP contribution in [0.15, 0.2) is 59.6 Å². The van der Waals surface area contributed by atoms with Crippen LogP contribution in [-0.2, 0) is 0 Å². The van der Waals surface area contributed by atoms with E-state index in [-0.39, 0.29) is 0 Å². The van der Waals surface area contributed by atoms with Gasteiger partial charge in [0.05, 0.1) is 27.6 Å².